The Morgan fingerprint density at radius 2 is 2.22 bits per heavy atom. The molecule has 18 heavy (non-hydrogen) atoms. The Hall–Kier alpha value is -1.99. The van der Waals surface area contributed by atoms with E-state index in [4.69, 9.17) is 10.3 Å². The van der Waals surface area contributed by atoms with Crippen LogP contribution in [-0.2, 0) is 6.54 Å². The molecule has 0 saturated heterocycles. The number of nitrogens with two attached hydrogens (primary N) is 1. The quantitative estimate of drug-likeness (QED) is 0.673. The number of hydrogen-bond acceptors (Lipinski definition) is 6. The summed E-state index contributed by atoms with van der Waals surface area (Å²) in [6.07, 6.45) is 0. The Kier molecular flexibility index (Phi) is 4.35. The molecule has 0 amide bonds. The van der Waals surface area contributed by atoms with Gasteiger partial charge in [-0.2, -0.15) is 4.98 Å². The lowest BCUT2D eigenvalue weighted by molar-refractivity contribution is -0.385. The maximum Gasteiger partial charge on any atom is 0.273 e. The maximum atomic E-state index is 10.8. The predicted octanol–water partition coefficient (Wildman–Crippen LogP) is 1.83. The highest BCUT2D eigenvalue weighted by atomic mass is 35.5. The summed E-state index contributed by atoms with van der Waals surface area (Å²) in [6.45, 7) is 1.81. The minimum Gasteiger partial charge on any atom is -0.338 e. The molecule has 0 unspecified atom stereocenters. The number of nitrogens with zero attached hydrogens (tertiary/aromatic N) is 3. The van der Waals surface area contributed by atoms with Crippen LogP contribution in [0.2, 0.25) is 0 Å². The molecule has 8 heteroatoms. The van der Waals surface area contributed by atoms with Gasteiger partial charge in [-0.1, -0.05) is 17.3 Å². The van der Waals surface area contributed by atoms with Gasteiger partial charge in [-0.25, -0.2) is 0 Å². The van der Waals surface area contributed by atoms with Crippen LogP contribution < -0.4 is 5.73 Å². The zero-order chi connectivity index (χ0) is 12.4. The van der Waals surface area contributed by atoms with Gasteiger partial charge in [-0.15, -0.1) is 12.4 Å². The Bertz CT molecular complexity index is 570. The van der Waals surface area contributed by atoms with E-state index >= 15 is 0 Å². The van der Waals surface area contributed by atoms with Crippen molar-refractivity contribution in [1.29, 1.82) is 0 Å². The fourth-order valence-electron chi connectivity index (χ4n) is 1.40. The van der Waals surface area contributed by atoms with Crippen LogP contribution in [0.15, 0.2) is 22.7 Å². The lowest BCUT2D eigenvalue weighted by atomic mass is 10.1. The highest BCUT2D eigenvalue weighted by molar-refractivity contribution is 5.85. The third-order valence-electron chi connectivity index (χ3n) is 2.31. The largest absolute Gasteiger partial charge is 0.338 e. The zero-order valence-corrected chi connectivity index (χ0v) is 10.3. The smallest absolute Gasteiger partial charge is 0.273 e. The molecule has 1 aromatic heterocycles. The standard InChI is InChI=1S/C10H10N4O3.ClH/c1-6-2-3-7(4-8(6)14(15)16)10-12-9(5-11)17-13-10;/h2-4H,5,11H2,1H3;1H. The molecule has 1 heterocycles. The van der Waals surface area contributed by atoms with Crippen LogP contribution in [0.4, 0.5) is 5.69 Å². The number of benzene rings is 1. The second-order valence-corrected chi connectivity index (χ2v) is 3.47. The molecular weight excluding hydrogens is 260 g/mol. The first kappa shape index (κ1) is 14.1. The van der Waals surface area contributed by atoms with E-state index in [1.807, 2.05) is 0 Å². The van der Waals surface area contributed by atoms with E-state index in [9.17, 15) is 10.1 Å². The number of halogens is 1. The van der Waals surface area contributed by atoms with E-state index in [0.29, 0.717) is 22.8 Å². The monoisotopic (exact) mass is 270 g/mol. The van der Waals surface area contributed by atoms with Gasteiger partial charge in [-0.3, -0.25) is 10.1 Å². The van der Waals surface area contributed by atoms with Crippen LogP contribution in [0, 0.1) is 17.0 Å². The second-order valence-electron chi connectivity index (χ2n) is 3.47. The van der Waals surface area contributed by atoms with Crippen molar-refractivity contribution < 1.29 is 9.45 Å². The van der Waals surface area contributed by atoms with Crippen LogP contribution in [-0.4, -0.2) is 15.1 Å². The van der Waals surface area contributed by atoms with Gasteiger partial charge >= 0.3 is 0 Å². The van der Waals surface area contributed by atoms with E-state index in [2.05, 4.69) is 10.1 Å². The summed E-state index contributed by atoms with van der Waals surface area (Å²) in [5, 5.41) is 14.5. The fraction of sp³-hybridized carbons (Fsp3) is 0.200. The van der Waals surface area contributed by atoms with Crippen molar-refractivity contribution in [2.45, 2.75) is 13.5 Å². The Morgan fingerprint density at radius 3 is 2.78 bits per heavy atom. The number of hydrogen-bond donors (Lipinski definition) is 1. The molecule has 1 aromatic carbocycles. The number of aromatic nitrogens is 2. The molecule has 0 atom stereocenters. The molecule has 7 nitrogen and oxygen atoms in total. The third kappa shape index (κ3) is 2.63. The van der Waals surface area contributed by atoms with E-state index in [-0.39, 0.29) is 24.6 Å². The van der Waals surface area contributed by atoms with Gasteiger partial charge in [0.05, 0.1) is 11.5 Å². The fourth-order valence-corrected chi connectivity index (χ4v) is 1.40. The summed E-state index contributed by atoms with van der Waals surface area (Å²) in [5.74, 6) is 0.594. The van der Waals surface area contributed by atoms with Crippen LogP contribution in [0.3, 0.4) is 0 Å². The van der Waals surface area contributed by atoms with Crippen molar-refractivity contribution >= 4 is 18.1 Å². The highest BCUT2D eigenvalue weighted by Crippen LogP contribution is 2.24. The molecule has 0 radical (unpaired) electrons. The molecule has 96 valence electrons. The summed E-state index contributed by atoms with van der Waals surface area (Å²) in [7, 11) is 0. The molecule has 2 aromatic rings. The van der Waals surface area contributed by atoms with Gasteiger partial charge < -0.3 is 10.3 Å². The Labute approximate surface area is 109 Å². The highest BCUT2D eigenvalue weighted by Gasteiger charge is 2.14. The van der Waals surface area contributed by atoms with Crippen LogP contribution in [0.5, 0.6) is 0 Å². The summed E-state index contributed by atoms with van der Waals surface area (Å²) in [6, 6.07) is 4.76. The van der Waals surface area contributed by atoms with Crippen molar-refractivity contribution in [3.63, 3.8) is 0 Å². The van der Waals surface area contributed by atoms with Gasteiger partial charge in [0.25, 0.3) is 5.69 Å². The minimum atomic E-state index is -0.442. The molecule has 0 saturated carbocycles. The number of nitro groups is 1. The van der Waals surface area contributed by atoms with Crippen LogP contribution in [0.25, 0.3) is 11.4 Å². The molecule has 0 aliphatic rings. The number of rotatable bonds is 3. The Balaban J connectivity index is 0.00000162. The molecule has 0 spiro atoms. The van der Waals surface area contributed by atoms with E-state index in [0.717, 1.165) is 0 Å². The van der Waals surface area contributed by atoms with Crippen molar-refractivity contribution in [3.8, 4) is 11.4 Å². The number of nitro benzene ring substituents is 1. The summed E-state index contributed by atoms with van der Waals surface area (Å²) in [5.41, 5.74) is 6.49. The van der Waals surface area contributed by atoms with E-state index in [1.165, 1.54) is 6.07 Å². The normalized spacial score (nSPS) is 9.89. The second kappa shape index (κ2) is 5.56. The Morgan fingerprint density at radius 1 is 1.50 bits per heavy atom. The van der Waals surface area contributed by atoms with Crippen molar-refractivity contribution in [2.75, 3.05) is 0 Å². The van der Waals surface area contributed by atoms with Gasteiger partial charge in [0, 0.05) is 17.2 Å². The minimum absolute atomic E-state index is 0. The topological polar surface area (TPSA) is 108 Å². The number of aryl methyl sites for hydroxylation is 1. The van der Waals surface area contributed by atoms with Gasteiger partial charge in [-0.05, 0) is 6.92 Å². The first-order chi connectivity index (χ1) is 8.11. The van der Waals surface area contributed by atoms with Gasteiger partial charge in [0.15, 0.2) is 0 Å². The average molecular weight is 271 g/mol. The summed E-state index contributed by atoms with van der Waals surface area (Å²) in [4.78, 5) is 14.3. The zero-order valence-electron chi connectivity index (χ0n) is 9.49. The molecule has 2 N–H and O–H groups in total. The molecule has 2 rings (SSSR count). The first-order valence-electron chi connectivity index (χ1n) is 4.90. The van der Waals surface area contributed by atoms with Crippen molar-refractivity contribution in [3.05, 3.63) is 39.8 Å². The lowest BCUT2D eigenvalue weighted by Crippen LogP contribution is -1.96. The molecular formula is C10H11ClN4O3. The summed E-state index contributed by atoms with van der Waals surface area (Å²) >= 11 is 0. The van der Waals surface area contributed by atoms with Gasteiger partial charge in [0.1, 0.15) is 0 Å². The molecule has 0 fully saturated rings. The lowest BCUT2D eigenvalue weighted by Gasteiger charge is -1.98. The predicted molar refractivity (Wildman–Crippen MR) is 66.3 cm³/mol. The maximum absolute atomic E-state index is 10.8. The molecule has 0 bridgehead atoms. The van der Waals surface area contributed by atoms with Gasteiger partial charge in [0.2, 0.25) is 11.7 Å². The van der Waals surface area contributed by atoms with Crippen molar-refractivity contribution in [1.82, 2.24) is 10.1 Å². The summed E-state index contributed by atoms with van der Waals surface area (Å²) < 4.78 is 4.84. The van der Waals surface area contributed by atoms with E-state index < -0.39 is 4.92 Å². The SMILES string of the molecule is Cc1ccc(-c2noc(CN)n2)cc1[N+](=O)[O-].Cl. The van der Waals surface area contributed by atoms with Crippen LogP contribution >= 0.6 is 12.4 Å². The van der Waals surface area contributed by atoms with Crippen LogP contribution in [0.1, 0.15) is 11.5 Å². The average Bonchev–Trinajstić information content (AvgIpc) is 2.78. The molecule has 0 aliphatic carbocycles. The molecule has 0 aliphatic heterocycles. The third-order valence-corrected chi connectivity index (χ3v) is 2.31. The first-order valence-corrected chi connectivity index (χ1v) is 4.90. The van der Waals surface area contributed by atoms with Crippen molar-refractivity contribution in [2.24, 2.45) is 5.73 Å². The van der Waals surface area contributed by atoms with E-state index in [1.54, 1.807) is 19.1 Å².